The number of aliphatic hydroxyl groups excluding tert-OH is 1. The van der Waals surface area contributed by atoms with Crippen LogP contribution in [0.25, 0.3) is 6.08 Å². The van der Waals surface area contributed by atoms with Gasteiger partial charge < -0.3 is 20.0 Å². The van der Waals surface area contributed by atoms with Gasteiger partial charge in [0.15, 0.2) is 0 Å². The van der Waals surface area contributed by atoms with Crippen molar-refractivity contribution in [1.29, 1.82) is 0 Å². The van der Waals surface area contributed by atoms with Crippen LogP contribution in [0.1, 0.15) is 18.2 Å². The van der Waals surface area contributed by atoms with E-state index in [0.29, 0.717) is 11.3 Å². The molecule has 0 saturated carbocycles. The molecule has 0 aliphatic carbocycles. The number of nitrogens with two attached hydrogens (primary N) is 1. The summed E-state index contributed by atoms with van der Waals surface area (Å²) in [4.78, 5) is 23.7. The Morgan fingerprint density at radius 1 is 1.41 bits per heavy atom. The van der Waals surface area contributed by atoms with Gasteiger partial charge in [-0.15, -0.1) is 0 Å². The van der Waals surface area contributed by atoms with Crippen molar-refractivity contribution in [2.75, 3.05) is 5.73 Å². The van der Waals surface area contributed by atoms with Gasteiger partial charge in [0, 0.05) is 17.3 Å². The summed E-state index contributed by atoms with van der Waals surface area (Å²) in [5.74, 6) is -0.836. The lowest BCUT2D eigenvalue weighted by atomic mass is 10.1. The number of rotatable bonds is 4. The van der Waals surface area contributed by atoms with Crippen LogP contribution in [0.3, 0.4) is 0 Å². The smallest absolute Gasteiger partial charge is 0.339 e. The van der Waals surface area contributed by atoms with E-state index in [2.05, 4.69) is 0 Å². The molecule has 0 saturated heterocycles. The van der Waals surface area contributed by atoms with Crippen LogP contribution in [0.4, 0.5) is 5.69 Å². The maximum Gasteiger partial charge on any atom is 0.339 e. The molecule has 1 aromatic heterocycles. The third-order valence-corrected chi connectivity index (χ3v) is 2.90. The first-order chi connectivity index (χ1) is 10.5. The molecule has 0 unspecified atom stereocenters. The molecular formula is C16H15NO5. The van der Waals surface area contributed by atoms with E-state index in [1.807, 2.05) is 0 Å². The van der Waals surface area contributed by atoms with Crippen LogP contribution >= 0.6 is 0 Å². The van der Waals surface area contributed by atoms with Crippen molar-refractivity contribution in [3.8, 4) is 5.75 Å². The molecule has 0 aliphatic heterocycles. The summed E-state index contributed by atoms with van der Waals surface area (Å²) >= 11 is 0. The molecule has 3 N–H and O–H groups in total. The van der Waals surface area contributed by atoms with Gasteiger partial charge in [0.1, 0.15) is 18.6 Å². The van der Waals surface area contributed by atoms with Crippen LogP contribution in [-0.4, -0.2) is 11.1 Å². The highest BCUT2D eigenvalue weighted by molar-refractivity contribution is 5.95. The van der Waals surface area contributed by atoms with Crippen molar-refractivity contribution >= 4 is 17.7 Å². The summed E-state index contributed by atoms with van der Waals surface area (Å²) in [6.45, 7) is 1.15. The van der Waals surface area contributed by atoms with E-state index in [0.717, 1.165) is 12.3 Å². The van der Waals surface area contributed by atoms with Crippen LogP contribution in [0.15, 0.2) is 51.4 Å². The van der Waals surface area contributed by atoms with Crippen molar-refractivity contribution in [2.45, 2.75) is 13.5 Å². The predicted octanol–water partition coefficient (Wildman–Crippen LogP) is 1.72. The number of ether oxygens (including phenoxy) is 1. The monoisotopic (exact) mass is 301 g/mol. The number of aliphatic hydroxyl groups is 1. The van der Waals surface area contributed by atoms with Crippen LogP contribution < -0.4 is 15.9 Å². The van der Waals surface area contributed by atoms with Crippen LogP contribution in [0, 0.1) is 0 Å². The van der Waals surface area contributed by atoms with E-state index >= 15 is 0 Å². The lowest BCUT2D eigenvalue weighted by Gasteiger charge is -2.05. The SMILES string of the molecule is C/C(=C\c1ccccc1N)C(=O)Oc1coc(CO)cc1=O. The summed E-state index contributed by atoms with van der Waals surface area (Å²) in [7, 11) is 0. The van der Waals surface area contributed by atoms with Gasteiger partial charge in [0.25, 0.3) is 0 Å². The van der Waals surface area contributed by atoms with Crippen molar-refractivity contribution in [3.63, 3.8) is 0 Å². The second-order valence-electron chi connectivity index (χ2n) is 4.58. The molecule has 0 aliphatic rings. The summed E-state index contributed by atoms with van der Waals surface area (Å²) in [5.41, 5.74) is 6.74. The fraction of sp³-hybridized carbons (Fsp3) is 0.125. The fourth-order valence-electron chi connectivity index (χ4n) is 1.71. The standard InChI is InChI=1S/C16H15NO5/c1-10(6-11-4-2-3-5-13(11)17)16(20)22-15-9-21-12(8-18)7-14(15)19/h2-7,9,18H,8,17H2,1H3/b10-6+. The van der Waals surface area contributed by atoms with Gasteiger partial charge in [-0.05, 0) is 24.6 Å². The van der Waals surface area contributed by atoms with Gasteiger partial charge in [-0.2, -0.15) is 0 Å². The molecule has 0 atom stereocenters. The Hall–Kier alpha value is -2.86. The molecule has 114 valence electrons. The Labute approximate surface area is 126 Å². The molecule has 6 nitrogen and oxygen atoms in total. The van der Waals surface area contributed by atoms with Gasteiger partial charge in [0.2, 0.25) is 11.2 Å². The van der Waals surface area contributed by atoms with Crippen molar-refractivity contribution in [2.24, 2.45) is 0 Å². The maximum absolute atomic E-state index is 12.0. The third kappa shape index (κ3) is 3.62. The zero-order valence-electron chi connectivity index (χ0n) is 11.9. The molecule has 1 heterocycles. The van der Waals surface area contributed by atoms with Gasteiger partial charge in [-0.1, -0.05) is 18.2 Å². The van der Waals surface area contributed by atoms with Crippen LogP contribution in [0.2, 0.25) is 0 Å². The van der Waals surface area contributed by atoms with Gasteiger partial charge >= 0.3 is 5.97 Å². The normalized spacial score (nSPS) is 11.3. The van der Waals surface area contributed by atoms with E-state index in [1.165, 1.54) is 0 Å². The summed E-state index contributed by atoms with van der Waals surface area (Å²) < 4.78 is 9.92. The zero-order valence-corrected chi connectivity index (χ0v) is 11.9. The number of hydrogen-bond acceptors (Lipinski definition) is 6. The Bertz CT molecular complexity index is 776. The summed E-state index contributed by atoms with van der Waals surface area (Å²) in [5, 5.41) is 8.85. The van der Waals surface area contributed by atoms with E-state index in [9.17, 15) is 9.59 Å². The number of esters is 1. The second-order valence-corrected chi connectivity index (χ2v) is 4.58. The average molecular weight is 301 g/mol. The molecule has 2 aromatic rings. The highest BCUT2D eigenvalue weighted by atomic mass is 16.5. The Morgan fingerprint density at radius 3 is 2.77 bits per heavy atom. The van der Waals surface area contributed by atoms with Crippen LogP contribution in [0.5, 0.6) is 5.75 Å². The summed E-state index contributed by atoms with van der Waals surface area (Å²) in [6, 6.07) is 8.12. The largest absolute Gasteiger partial charge is 0.463 e. The number of hydrogen-bond donors (Lipinski definition) is 2. The Kier molecular flexibility index (Phi) is 4.75. The van der Waals surface area contributed by atoms with E-state index in [4.69, 9.17) is 20.0 Å². The predicted molar refractivity (Wildman–Crippen MR) is 81.0 cm³/mol. The quantitative estimate of drug-likeness (QED) is 0.506. The zero-order chi connectivity index (χ0) is 16.1. The number of benzene rings is 1. The number of nitrogen functional groups attached to an aromatic ring is 1. The molecule has 22 heavy (non-hydrogen) atoms. The lowest BCUT2D eigenvalue weighted by Crippen LogP contribution is -2.15. The fourth-order valence-corrected chi connectivity index (χ4v) is 1.71. The second kappa shape index (κ2) is 6.73. The molecule has 6 heteroatoms. The first-order valence-corrected chi connectivity index (χ1v) is 6.49. The Morgan fingerprint density at radius 2 is 2.14 bits per heavy atom. The first kappa shape index (κ1) is 15.5. The number of carbonyl (C=O) groups excluding carboxylic acids is 1. The van der Waals surface area contributed by atoms with Crippen LogP contribution in [-0.2, 0) is 11.4 Å². The minimum absolute atomic E-state index is 0.0918. The minimum Gasteiger partial charge on any atom is -0.463 e. The Balaban J connectivity index is 2.19. The molecule has 0 spiro atoms. The minimum atomic E-state index is -0.688. The lowest BCUT2D eigenvalue weighted by molar-refractivity contribution is -0.130. The molecular weight excluding hydrogens is 286 g/mol. The van der Waals surface area contributed by atoms with E-state index in [-0.39, 0.29) is 17.1 Å². The van der Waals surface area contributed by atoms with Gasteiger partial charge in [-0.3, -0.25) is 4.79 Å². The molecule has 1 aromatic carbocycles. The topological polar surface area (TPSA) is 103 Å². The van der Waals surface area contributed by atoms with Crippen molar-refractivity contribution in [3.05, 3.63) is 63.7 Å². The number of anilines is 1. The van der Waals surface area contributed by atoms with E-state index < -0.39 is 18.0 Å². The van der Waals surface area contributed by atoms with Gasteiger partial charge in [-0.25, -0.2) is 4.79 Å². The third-order valence-electron chi connectivity index (χ3n) is 2.90. The number of carbonyl (C=O) groups is 1. The maximum atomic E-state index is 12.0. The highest BCUT2D eigenvalue weighted by Crippen LogP contribution is 2.16. The molecule has 0 bridgehead atoms. The average Bonchev–Trinajstić information content (AvgIpc) is 2.51. The first-order valence-electron chi connectivity index (χ1n) is 6.49. The van der Waals surface area contributed by atoms with Crippen molar-refractivity contribution < 1.29 is 19.1 Å². The molecule has 0 fully saturated rings. The highest BCUT2D eigenvalue weighted by Gasteiger charge is 2.12. The molecule has 2 rings (SSSR count). The molecule has 0 amide bonds. The summed E-state index contributed by atoms with van der Waals surface area (Å²) in [6.07, 6.45) is 2.57. The van der Waals surface area contributed by atoms with Gasteiger partial charge in [0.05, 0.1) is 0 Å². The molecule has 0 radical (unpaired) electrons. The van der Waals surface area contributed by atoms with E-state index in [1.54, 1.807) is 37.3 Å². The van der Waals surface area contributed by atoms with Crippen molar-refractivity contribution in [1.82, 2.24) is 0 Å². The number of para-hydroxylation sites is 1.